The van der Waals surface area contributed by atoms with Gasteiger partial charge in [0.05, 0.1) is 0 Å². The van der Waals surface area contributed by atoms with Crippen molar-refractivity contribution in [2.75, 3.05) is 13.7 Å². The zero-order valence-corrected chi connectivity index (χ0v) is 9.48. The van der Waals surface area contributed by atoms with Crippen LogP contribution in [0.4, 0.5) is 0 Å². The third kappa shape index (κ3) is 2.01. The molecule has 0 heterocycles. The number of methoxy groups -OCH3 is 1. The van der Waals surface area contributed by atoms with E-state index in [0.717, 1.165) is 24.0 Å². The van der Waals surface area contributed by atoms with Crippen LogP contribution < -0.4 is 5.73 Å². The summed E-state index contributed by atoms with van der Waals surface area (Å²) in [5, 5.41) is 0. The lowest BCUT2D eigenvalue weighted by Crippen LogP contribution is -2.34. The Balaban J connectivity index is 2.09. The van der Waals surface area contributed by atoms with Gasteiger partial charge in [-0.25, -0.2) is 0 Å². The van der Waals surface area contributed by atoms with E-state index in [0.29, 0.717) is 6.61 Å². The summed E-state index contributed by atoms with van der Waals surface area (Å²) in [6.07, 6.45) is 1.51. The molecule has 0 amide bonds. The van der Waals surface area contributed by atoms with Crippen molar-refractivity contribution in [3.63, 3.8) is 0 Å². The Kier molecular flexibility index (Phi) is 3.36. The second-order valence-electron chi connectivity index (χ2n) is 4.28. The number of benzene rings is 1. The molecule has 1 aromatic rings. The van der Waals surface area contributed by atoms with Gasteiger partial charge in [0.2, 0.25) is 0 Å². The highest BCUT2D eigenvalue weighted by molar-refractivity contribution is 6.02. The van der Waals surface area contributed by atoms with Gasteiger partial charge < -0.3 is 10.5 Å². The van der Waals surface area contributed by atoms with E-state index < -0.39 is 0 Å². The molecule has 2 unspecified atom stereocenters. The third-order valence-electron chi connectivity index (χ3n) is 3.23. The molecule has 1 aromatic carbocycles. The van der Waals surface area contributed by atoms with Gasteiger partial charge in [0.15, 0.2) is 5.78 Å². The Hall–Kier alpha value is -1.19. The average Bonchev–Trinajstić information content (AvgIpc) is 2.64. The molecular formula is C13H17NO2. The van der Waals surface area contributed by atoms with Crippen LogP contribution in [-0.2, 0) is 11.2 Å². The van der Waals surface area contributed by atoms with Crippen molar-refractivity contribution in [2.45, 2.75) is 18.9 Å². The number of hydrogen-bond acceptors (Lipinski definition) is 3. The van der Waals surface area contributed by atoms with E-state index in [1.54, 1.807) is 7.11 Å². The maximum Gasteiger partial charge on any atom is 0.168 e. The monoisotopic (exact) mass is 219 g/mol. The van der Waals surface area contributed by atoms with Gasteiger partial charge in [-0.3, -0.25) is 4.79 Å². The van der Waals surface area contributed by atoms with Crippen LogP contribution in [0.25, 0.3) is 0 Å². The number of hydrogen-bond donors (Lipinski definition) is 1. The number of nitrogens with two attached hydrogens (primary N) is 1. The molecule has 0 spiro atoms. The van der Waals surface area contributed by atoms with Crippen LogP contribution >= 0.6 is 0 Å². The van der Waals surface area contributed by atoms with Gasteiger partial charge in [-0.1, -0.05) is 24.3 Å². The second-order valence-corrected chi connectivity index (χ2v) is 4.28. The molecule has 1 aliphatic carbocycles. The zero-order valence-electron chi connectivity index (χ0n) is 9.48. The Morgan fingerprint density at radius 1 is 1.50 bits per heavy atom. The summed E-state index contributed by atoms with van der Waals surface area (Å²) >= 11 is 0. The summed E-state index contributed by atoms with van der Waals surface area (Å²) < 4.78 is 4.99. The van der Waals surface area contributed by atoms with Crippen molar-refractivity contribution in [1.82, 2.24) is 0 Å². The molecule has 0 fully saturated rings. The first-order valence-electron chi connectivity index (χ1n) is 5.60. The molecule has 0 radical (unpaired) electrons. The molecule has 2 N–H and O–H groups in total. The molecule has 3 nitrogen and oxygen atoms in total. The topological polar surface area (TPSA) is 52.3 Å². The van der Waals surface area contributed by atoms with Crippen LogP contribution in [0.1, 0.15) is 22.3 Å². The Morgan fingerprint density at radius 2 is 2.25 bits per heavy atom. The lowest BCUT2D eigenvalue weighted by atomic mass is 9.94. The number of ether oxygens (including phenoxy) is 1. The molecule has 3 heteroatoms. The Bertz CT molecular complexity index is 389. The fourth-order valence-corrected chi connectivity index (χ4v) is 2.27. The molecule has 16 heavy (non-hydrogen) atoms. The average molecular weight is 219 g/mol. The minimum Gasteiger partial charge on any atom is -0.385 e. The van der Waals surface area contributed by atoms with Crippen molar-refractivity contribution < 1.29 is 9.53 Å². The molecule has 0 saturated carbocycles. The first-order chi connectivity index (χ1) is 7.74. The predicted octanol–water partition coefficient (Wildman–Crippen LogP) is 1.41. The van der Waals surface area contributed by atoms with E-state index in [9.17, 15) is 4.79 Å². The number of carbonyl (C=O) groups excluding carboxylic acids is 1. The SMILES string of the molecule is COCCC(N)C1Cc2ccccc2C1=O. The Morgan fingerprint density at radius 3 is 2.94 bits per heavy atom. The number of carbonyl (C=O) groups is 1. The number of rotatable bonds is 4. The summed E-state index contributed by atoms with van der Waals surface area (Å²) in [5.74, 6) is 0.131. The highest BCUT2D eigenvalue weighted by atomic mass is 16.5. The van der Waals surface area contributed by atoms with Gasteiger partial charge in [-0.2, -0.15) is 0 Å². The number of Topliss-reactive ketones (excluding diaryl/α,β-unsaturated/α-hetero) is 1. The van der Waals surface area contributed by atoms with Crippen molar-refractivity contribution in [1.29, 1.82) is 0 Å². The van der Waals surface area contributed by atoms with Gasteiger partial charge in [0.1, 0.15) is 0 Å². The molecule has 0 aliphatic heterocycles. The molecule has 1 aliphatic rings. The smallest absolute Gasteiger partial charge is 0.168 e. The molecule has 0 saturated heterocycles. The van der Waals surface area contributed by atoms with Crippen LogP contribution in [0.2, 0.25) is 0 Å². The van der Waals surface area contributed by atoms with E-state index in [2.05, 4.69) is 0 Å². The van der Waals surface area contributed by atoms with Crippen molar-refractivity contribution in [2.24, 2.45) is 11.7 Å². The highest BCUT2D eigenvalue weighted by Gasteiger charge is 2.33. The molecule has 86 valence electrons. The van der Waals surface area contributed by atoms with Crippen LogP contribution in [0.5, 0.6) is 0 Å². The Labute approximate surface area is 95.6 Å². The van der Waals surface area contributed by atoms with Crippen LogP contribution in [0, 0.1) is 5.92 Å². The lowest BCUT2D eigenvalue weighted by Gasteiger charge is -2.16. The fraction of sp³-hybridized carbons (Fsp3) is 0.462. The van der Waals surface area contributed by atoms with E-state index >= 15 is 0 Å². The standard InChI is InChI=1S/C13H17NO2/c1-16-7-6-12(14)11-8-9-4-2-3-5-10(9)13(11)15/h2-5,11-12H,6-8,14H2,1H3. The van der Waals surface area contributed by atoms with E-state index in [4.69, 9.17) is 10.5 Å². The predicted molar refractivity (Wildman–Crippen MR) is 62.4 cm³/mol. The maximum absolute atomic E-state index is 12.1. The van der Waals surface area contributed by atoms with Crippen LogP contribution in [-0.4, -0.2) is 25.5 Å². The van der Waals surface area contributed by atoms with Gasteiger partial charge in [-0.15, -0.1) is 0 Å². The fourth-order valence-electron chi connectivity index (χ4n) is 2.27. The molecule has 0 bridgehead atoms. The molecule has 0 aromatic heterocycles. The zero-order chi connectivity index (χ0) is 11.5. The third-order valence-corrected chi connectivity index (χ3v) is 3.23. The van der Waals surface area contributed by atoms with Gasteiger partial charge >= 0.3 is 0 Å². The van der Waals surface area contributed by atoms with Crippen molar-refractivity contribution in [3.8, 4) is 0 Å². The molecule has 2 atom stereocenters. The maximum atomic E-state index is 12.1. The van der Waals surface area contributed by atoms with Crippen LogP contribution in [0.3, 0.4) is 0 Å². The summed E-state index contributed by atoms with van der Waals surface area (Å²) in [4.78, 5) is 12.1. The largest absolute Gasteiger partial charge is 0.385 e. The van der Waals surface area contributed by atoms with E-state index in [1.165, 1.54) is 0 Å². The van der Waals surface area contributed by atoms with E-state index in [1.807, 2.05) is 24.3 Å². The van der Waals surface area contributed by atoms with Crippen molar-refractivity contribution in [3.05, 3.63) is 35.4 Å². The second kappa shape index (κ2) is 4.76. The minimum absolute atomic E-state index is 0.0625. The molecule has 2 rings (SSSR count). The number of fused-ring (bicyclic) bond motifs is 1. The van der Waals surface area contributed by atoms with Crippen LogP contribution in [0.15, 0.2) is 24.3 Å². The normalized spacial score (nSPS) is 20.9. The summed E-state index contributed by atoms with van der Waals surface area (Å²) in [7, 11) is 1.65. The van der Waals surface area contributed by atoms with Gasteiger partial charge in [-0.05, 0) is 18.4 Å². The van der Waals surface area contributed by atoms with Gasteiger partial charge in [0.25, 0.3) is 0 Å². The van der Waals surface area contributed by atoms with Gasteiger partial charge in [0, 0.05) is 31.2 Å². The number of ketones is 1. The highest BCUT2D eigenvalue weighted by Crippen LogP contribution is 2.28. The summed E-state index contributed by atoms with van der Waals surface area (Å²) in [5.41, 5.74) is 8.01. The van der Waals surface area contributed by atoms with Crippen molar-refractivity contribution >= 4 is 5.78 Å². The molecular weight excluding hydrogens is 202 g/mol. The first-order valence-corrected chi connectivity index (χ1v) is 5.60. The first kappa shape index (κ1) is 11.3. The van der Waals surface area contributed by atoms with E-state index in [-0.39, 0.29) is 17.7 Å². The summed E-state index contributed by atoms with van der Waals surface area (Å²) in [6, 6.07) is 7.67. The quantitative estimate of drug-likeness (QED) is 0.833. The minimum atomic E-state index is -0.0974. The lowest BCUT2D eigenvalue weighted by molar-refractivity contribution is 0.0905. The summed E-state index contributed by atoms with van der Waals surface area (Å²) in [6.45, 7) is 0.612.